The summed E-state index contributed by atoms with van der Waals surface area (Å²) in [6, 6.07) is -0.882. The fraction of sp³-hybridized carbons (Fsp3) is 0.706. The summed E-state index contributed by atoms with van der Waals surface area (Å²) in [5, 5.41) is 14.0. The second-order valence-electron chi connectivity index (χ2n) is 27.3. The Hall–Kier alpha value is -3.62. The molecule has 3 unspecified atom stereocenters. The first-order valence-electron chi connectivity index (χ1n) is 39.2. The number of phosphoric ester groups is 1. The number of nitrogens with zero attached hydrogens (tertiary/aromatic N) is 1. The van der Waals surface area contributed by atoms with Crippen LogP contribution in [-0.4, -0.2) is 73.4 Å². The Morgan fingerprint density at radius 3 is 0.979 bits per heavy atom. The molecule has 0 aliphatic heterocycles. The topological polar surface area (TPSA) is 105 Å². The number of aliphatic hydroxyl groups excluding tert-OH is 1. The molecule has 0 fully saturated rings. The number of carbonyl (C=O) groups excluding carboxylic acids is 1. The highest BCUT2D eigenvalue weighted by molar-refractivity contribution is 7.47. The van der Waals surface area contributed by atoms with E-state index in [0.29, 0.717) is 17.4 Å². The number of hydrogen-bond donors (Lipinski definition) is 3. The highest BCUT2D eigenvalue weighted by atomic mass is 31.2. The third kappa shape index (κ3) is 75.8. The first-order valence-corrected chi connectivity index (χ1v) is 40.7. The summed E-state index contributed by atoms with van der Waals surface area (Å²) >= 11 is 0. The zero-order valence-corrected chi connectivity index (χ0v) is 62.8. The maximum Gasteiger partial charge on any atom is 0.472 e. The average molecular weight is 1330 g/mol. The van der Waals surface area contributed by atoms with Crippen molar-refractivity contribution in [2.75, 3.05) is 40.9 Å². The number of hydrogen-bond acceptors (Lipinski definition) is 5. The van der Waals surface area contributed by atoms with Crippen molar-refractivity contribution in [1.29, 1.82) is 0 Å². The van der Waals surface area contributed by atoms with E-state index in [2.05, 4.69) is 153 Å². The maximum absolute atomic E-state index is 13.1. The lowest BCUT2D eigenvalue weighted by atomic mass is 10.0. The molecule has 0 saturated heterocycles. The molecule has 0 heterocycles. The van der Waals surface area contributed by atoms with E-state index in [1.165, 1.54) is 212 Å². The second-order valence-corrected chi connectivity index (χ2v) is 28.8. The number of phosphoric acid groups is 1. The van der Waals surface area contributed by atoms with E-state index >= 15 is 0 Å². The highest BCUT2D eigenvalue weighted by Crippen LogP contribution is 2.43. The summed E-state index contributed by atoms with van der Waals surface area (Å²) in [4.78, 5) is 23.5. The molecule has 1 amide bonds. The van der Waals surface area contributed by atoms with Crippen molar-refractivity contribution in [1.82, 2.24) is 5.32 Å². The van der Waals surface area contributed by atoms with Crippen LogP contribution in [-0.2, 0) is 18.4 Å². The van der Waals surface area contributed by atoms with Crippen molar-refractivity contribution >= 4 is 13.7 Å². The summed E-state index contributed by atoms with van der Waals surface area (Å²) in [5.74, 6) is -0.194. The van der Waals surface area contributed by atoms with Gasteiger partial charge < -0.3 is 19.8 Å². The normalized spacial score (nSPS) is 14.3. The Kier molecular flexibility index (Phi) is 70.8. The maximum atomic E-state index is 13.1. The molecule has 94 heavy (non-hydrogen) atoms. The molecule has 0 aromatic heterocycles. The Balaban J connectivity index is 4.10. The molecule has 540 valence electrons. The third-order valence-corrected chi connectivity index (χ3v) is 18.0. The molecular formula is C85H150N2O6P+. The minimum absolute atomic E-state index is 0.0478. The van der Waals surface area contributed by atoms with Crippen LogP contribution in [0.2, 0.25) is 0 Å². The van der Waals surface area contributed by atoms with Crippen LogP contribution in [0, 0.1) is 0 Å². The number of unbranched alkanes of at least 4 members (excludes halogenated alkanes) is 36. The first kappa shape index (κ1) is 90.4. The molecule has 0 bridgehead atoms. The molecule has 8 nitrogen and oxygen atoms in total. The van der Waals surface area contributed by atoms with Crippen LogP contribution < -0.4 is 5.32 Å². The molecule has 0 saturated carbocycles. The van der Waals surface area contributed by atoms with Crippen molar-refractivity contribution in [2.45, 2.75) is 347 Å². The summed E-state index contributed by atoms with van der Waals surface area (Å²) < 4.78 is 23.8. The van der Waals surface area contributed by atoms with Gasteiger partial charge in [-0.25, -0.2) is 4.57 Å². The van der Waals surface area contributed by atoms with E-state index in [-0.39, 0.29) is 19.1 Å². The monoisotopic (exact) mass is 1330 g/mol. The SMILES string of the molecule is CC/C=C\C/C=C\C/C=C\C/C=C\C/C=C\C/C=C\C/C=C\C/C=C\C/C=C\CCCCCCCCCCCCCCCC(=O)NC(COP(=O)(O)OCC[N+](C)(C)C)C(O)/C=C/CC/C=C/CC/C=C/CCCCCCCCCCCCCCCCCCCCCCC. The van der Waals surface area contributed by atoms with E-state index in [0.717, 1.165) is 103 Å². The number of aliphatic hydroxyl groups is 1. The van der Waals surface area contributed by atoms with Gasteiger partial charge in [0, 0.05) is 6.42 Å². The second kappa shape index (κ2) is 73.6. The molecule has 3 atom stereocenters. The molecule has 0 aliphatic rings. The van der Waals surface area contributed by atoms with Gasteiger partial charge in [0.1, 0.15) is 13.2 Å². The molecule has 0 aliphatic carbocycles. The van der Waals surface area contributed by atoms with Crippen LogP contribution in [0.5, 0.6) is 0 Å². The fourth-order valence-corrected chi connectivity index (χ4v) is 11.7. The molecule has 9 heteroatoms. The van der Waals surface area contributed by atoms with Gasteiger partial charge in [-0.3, -0.25) is 13.8 Å². The van der Waals surface area contributed by atoms with Crippen LogP contribution in [0.25, 0.3) is 0 Å². The molecule has 0 aromatic rings. The number of amides is 1. The van der Waals surface area contributed by atoms with Gasteiger partial charge in [-0.1, -0.05) is 359 Å². The third-order valence-electron chi connectivity index (χ3n) is 17.0. The number of nitrogens with one attached hydrogen (secondary N) is 1. The van der Waals surface area contributed by atoms with Crippen molar-refractivity contribution in [3.63, 3.8) is 0 Å². The predicted octanol–water partition coefficient (Wildman–Crippen LogP) is 25.9. The van der Waals surface area contributed by atoms with E-state index in [4.69, 9.17) is 9.05 Å². The summed E-state index contributed by atoms with van der Waals surface area (Å²) in [7, 11) is 1.54. The number of quaternary nitrogens is 1. The fourth-order valence-electron chi connectivity index (χ4n) is 11.0. The number of likely N-dealkylation sites (N-methyl/N-ethyl adjacent to an activating group) is 1. The number of allylic oxidation sites excluding steroid dienone is 23. The molecule has 3 N–H and O–H groups in total. The predicted molar refractivity (Wildman–Crippen MR) is 414 cm³/mol. The Morgan fingerprint density at radius 2 is 0.649 bits per heavy atom. The highest BCUT2D eigenvalue weighted by Gasteiger charge is 2.28. The van der Waals surface area contributed by atoms with Gasteiger partial charge in [0.15, 0.2) is 0 Å². The number of carbonyl (C=O) groups is 1. The van der Waals surface area contributed by atoms with E-state index in [1.807, 2.05) is 27.2 Å². The van der Waals surface area contributed by atoms with Gasteiger partial charge in [-0.15, -0.1) is 0 Å². The zero-order valence-electron chi connectivity index (χ0n) is 61.9. The van der Waals surface area contributed by atoms with Gasteiger partial charge in [0.2, 0.25) is 5.91 Å². The minimum atomic E-state index is -4.38. The van der Waals surface area contributed by atoms with Gasteiger partial charge >= 0.3 is 7.82 Å². The quantitative estimate of drug-likeness (QED) is 0.0243. The van der Waals surface area contributed by atoms with Crippen molar-refractivity contribution in [3.8, 4) is 0 Å². The van der Waals surface area contributed by atoms with Crippen LogP contribution >= 0.6 is 7.82 Å². The number of rotatable bonds is 71. The summed E-state index contributed by atoms with van der Waals surface area (Å²) in [6.45, 7) is 4.69. The zero-order chi connectivity index (χ0) is 68.3. The van der Waals surface area contributed by atoms with Gasteiger partial charge in [-0.05, 0) is 116 Å². The van der Waals surface area contributed by atoms with Crippen molar-refractivity contribution in [3.05, 3.63) is 146 Å². The van der Waals surface area contributed by atoms with Crippen LogP contribution in [0.3, 0.4) is 0 Å². The standard InChI is InChI=1S/C85H149N2O6P/c1-6-8-10-12-14-16-18-20-22-24-26-28-30-32-34-36-38-39-40-41-42-43-44-45-46-47-49-51-53-55-57-59-61-63-65-67-69-71-73-75-77-79-85(89)86-83(82-93-94(90,91)92-81-80-87(3,4)5)84(88)78-76-74-72-70-68-66-64-62-60-58-56-54-52-50-48-37-35-33-31-29-27-25-23-21-19-17-15-13-11-9-7-2/h8,10,14,16,20,22,26,28,32,34,38-39,41-42,44-45,47,49,60,62,68,70,76,78,83-84,88H,6-7,9,11-13,15,17-19,21,23-25,27,29-31,33,35-37,40,43,46,48,50-59,61,63-67,69,71-75,77,79-82H2,1-5H3,(H-,86,89,90,91)/p+1/b10-8-,16-14-,22-20-,28-26-,34-32-,39-38-,42-41-,45-44-,49-47-,62-60+,70-68+,78-76+. The molecule has 0 spiro atoms. The van der Waals surface area contributed by atoms with Crippen molar-refractivity contribution in [2.24, 2.45) is 0 Å². The van der Waals surface area contributed by atoms with Gasteiger partial charge in [0.25, 0.3) is 0 Å². The van der Waals surface area contributed by atoms with Gasteiger partial charge in [-0.2, -0.15) is 0 Å². The molecular weight excluding hydrogens is 1180 g/mol. The van der Waals surface area contributed by atoms with E-state index in [1.54, 1.807) is 6.08 Å². The van der Waals surface area contributed by atoms with Crippen LogP contribution in [0.15, 0.2) is 146 Å². The van der Waals surface area contributed by atoms with Gasteiger partial charge in [0.05, 0.1) is 39.9 Å². The lowest BCUT2D eigenvalue weighted by Crippen LogP contribution is -2.45. The lowest BCUT2D eigenvalue weighted by Gasteiger charge is -2.25. The minimum Gasteiger partial charge on any atom is -0.387 e. The van der Waals surface area contributed by atoms with E-state index < -0.39 is 20.0 Å². The molecule has 0 rings (SSSR count). The van der Waals surface area contributed by atoms with Crippen LogP contribution in [0.1, 0.15) is 335 Å². The smallest absolute Gasteiger partial charge is 0.387 e. The Morgan fingerprint density at radius 1 is 0.372 bits per heavy atom. The van der Waals surface area contributed by atoms with Crippen molar-refractivity contribution < 1.29 is 32.9 Å². The average Bonchev–Trinajstić information content (AvgIpc) is 1.77. The Labute approximate surface area is 582 Å². The molecule has 0 aromatic carbocycles. The van der Waals surface area contributed by atoms with Crippen LogP contribution in [0.4, 0.5) is 0 Å². The largest absolute Gasteiger partial charge is 0.472 e. The van der Waals surface area contributed by atoms with E-state index in [9.17, 15) is 19.4 Å². The summed E-state index contributed by atoms with van der Waals surface area (Å²) in [6.07, 6.45) is 113. The Bertz CT molecular complexity index is 2050. The molecule has 0 radical (unpaired) electrons. The lowest BCUT2D eigenvalue weighted by molar-refractivity contribution is -0.870. The first-order chi connectivity index (χ1) is 46.0. The summed E-state index contributed by atoms with van der Waals surface area (Å²) in [5.41, 5.74) is 0.